The lowest BCUT2D eigenvalue weighted by Gasteiger charge is -2.38. The van der Waals surface area contributed by atoms with Crippen LogP contribution in [-0.2, 0) is 11.2 Å². The maximum atomic E-state index is 13.4. The number of amides is 2. The number of benzene rings is 2. The van der Waals surface area contributed by atoms with E-state index in [2.05, 4.69) is 17.2 Å². The third kappa shape index (κ3) is 3.92. The lowest BCUT2D eigenvalue weighted by Crippen LogP contribution is -2.51. The molecule has 7 heteroatoms. The summed E-state index contributed by atoms with van der Waals surface area (Å²) >= 11 is 0. The van der Waals surface area contributed by atoms with Crippen molar-refractivity contribution in [3.63, 3.8) is 0 Å². The van der Waals surface area contributed by atoms with E-state index < -0.39 is 17.2 Å². The molecule has 5 atom stereocenters. The van der Waals surface area contributed by atoms with Gasteiger partial charge in [0, 0.05) is 12.0 Å². The van der Waals surface area contributed by atoms with Gasteiger partial charge in [-0.25, -0.2) is 4.99 Å². The second-order valence-corrected chi connectivity index (χ2v) is 10.9. The zero-order chi connectivity index (χ0) is 25.1. The van der Waals surface area contributed by atoms with E-state index in [-0.39, 0.29) is 29.7 Å². The van der Waals surface area contributed by atoms with Crippen molar-refractivity contribution < 1.29 is 14.7 Å². The summed E-state index contributed by atoms with van der Waals surface area (Å²) in [4.78, 5) is 32.8. The number of nitrogens with zero attached hydrogens (tertiary/aromatic N) is 2. The van der Waals surface area contributed by atoms with Crippen LogP contribution in [0.3, 0.4) is 0 Å². The van der Waals surface area contributed by atoms with E-state index in [0.29, 0.717) is 18.4 Å². The predicted octanol–water partition coefficient (Wildman–Crippen LogP) is 3.73. The smallest absolute Gasteiger partial charge is 0.251 e. The van der Waals surface area contributed by atoms with Gasteiger partial charge in [-0.05, 0) is 67.0 Å². The van der Waals surface area contributed by atoms with Gasteiger partial charge < -0.3 is 16.2 Å². The Morgan fingerprint density at radius 1 is 1.17 bits per heavy atom. The topological polar surface area (TPSA) is 108 Å². The number of aliphatic imine (C=N–C) groups is 1. The molecule has 0 spiro atoms. The summed E-state index contributed by atoms with van der Waals surface area (Å²) in [6.45, 7) is 7.85. The van der Waals surface area contributed by atoms with Gasteiger partial charge in [0.1, 0.15) is 0 Å². The van der Waals surface area contributed by atoms with Crippen molar-refractivity contribution in [1.29, 1.82) is 0 Å². The summed E-state index contributed by atoms with van der Waals surface area (Å²) in [5, 5.41) is 14.1. The van der Waals surface area contributed by atoms with Gasteiger partial charge in [-0.15, -0.1) is 0 Å². The molecule has 0 fully saturated rings. The molecule has 2 aromatic carbocycles. The van der Waals surface area contributed by atoms with Crippen molar-refractivity contribution in [2.24, 2.45) is 10.7 Å². The summed E-state index contributed by atoms with van der Waals surface area (Å²) in [6.07, 6.45) is 2.28. The van der Waals surface area contributed by atoms with Crippen molar-refractivity contribution in [3.8, 4) is 0 Å². The summed E-state index contributed by atoms with van der Waals surface area (Å²) < 4.78 is 0. The highest BCUT2D eigenvalue weighted by Crippen LogP contribution is 2.45. The molecule has 1 heterocycles. The normalized spacial score (nSPS) is 31.7. The van der Waals surface area contributed by atoms with E-state index in [4.69, 9.17) is 5.73 Å². The molecular formula is C28H34N4O3. The number of rotatable bonds is 4. The number of carbonyl (C=O) groups excluding carboxylic acids is 2. The van der Waals surface area contributed by atoms with E-state index in [1.54, 1.807) is 11.8 Å². The van der Waals surface area contributed by atoms with Gasteiger partial charge in [-0.1, -0.05) is 44.2 Å². The zero-order valence-corrected chi connectivity index (χ0v) is 20.8. The van der Waals surface area contributed by atoms with Crippen LogP contribution < -0.4 is 11.1 Å². The van der Waals surface area contributed by atoms with Gasteiger partial charge in [0.05, 0.1) is 29.6 Å². The van der Waals surface area contributed by atoms with Gasteiger partial charge in [-0.3, -0.25) is 14.5 Å². The highest BCUT2D eigenvalue weighted by molar-refractivity contribution is 6.00. The minimum atomic E-state index is -1.07. The first-order valence-corrected chi connectivity index (χ1v) is 12.5. The Morgan fingerprint density at radius 3 is 2.63 bits per heavy atom. The van der Waals surface area contributed by atoms with E-state index in [1.807, 2.05) is 56.3 Å². The quantitative estimate of drug-likeness (QED) is 0.627. The largest absolute Gasteiger partial charge is 0.387 e. The van der Waals surface area contributed by atoms with Crippen LogP contribution in [0.25, 0.3) is 0 Å². The molecule has 2 amide bonds. The first-order valence-electron chi connectivity index (χ1n) is 12.5. The summed E-state index contributed by atoms with van der Waals surface area (Å²) in [6, 6.07) is 12.8. The number of hydrogen-bond acceptors (Lipinski definition) is 5. The minimum absolute atomic E-state index is 0.0274. The van der Waals surface area contributed by atoms with Gasteiger partial charge in [0.2, 0.25) is 5.91 Å². The molecule has 0 bridgehead atoms. The number of fused-ring (bicyclic) bond motifs is 2. The molecular weight excluding hydrogens is 440 g/mol. The Balaban J connectivity index is 1.45. The van der Waals surface area contributed by atoms with E-state index in [1.165, 1.54) is 0 Å². The zero-order valence-electron chi connectivity index (χ0n) is 20.8. The van der Waals surface area contributed by atoms with Gasteiger partial charge >= 0.3 is 0 Å². The molecule has 4 N–H and O–H groups in total. The molecule has 5 rings (SSSR count). The van der Waals surface area contributed by atoms with Crippen molar-refractivity contribution >= 4 is 17.8 Å². The van der Waals surface area contributed by atoms with Crippen LogP contribution in [-0.4, -0.2) is 38.9 Å². The predicted molar refractivity (Wildman–Crippen MR) is 135 cm³/mol. The summed E-state index contributed by atoms with van der Waals surface area (Å²) in [5.41, 5.74) is 9.35. The first-order chi connectivity index (χ1) is 16.5. The number of carbonyl (C=O) groups is 2. The Hall–Kier alpha value is -3.19. The number of nitrogens with two attached hydrogens (primary N) is 1. The van der Waals surface area contributed by atoms with Crippen molar-refractivity contribution in [2.75, 3.05) is 0 Å². The van der Waals surface area contributed by atoms with Gasteiger partial charge in [0.15, 0.2) is 5.96 Å². The van der Waals surface area contributed by atoms with Crippen LogP contribution >= 0.6 is 0 Å². The maximum Gasteiger partial charge on any atom is 0.251 e. The van der Waals surface area contributed by atoms with Crippen LogP contribution in [0.5, 0.6) is 0 Å². The standard InChI is InChI=1S/C28H34N4O3/c1-5-27(3)15-23(33)32(26(29)31-27)22-12-16(2)19-11-10-17(13-21(19)22)25(34)30-24-20-9-7-6-8-18(20)14-28(24,4)35/h6-11,13,16,22,24,35H,5,12,14-15H2,1-4H3,(H2,29,31)(H,30,34)/t16-,22-,24-,27-,28+/m1/s1. The average molecular weight is 475 g/mol. The van der Waals surface area contributed by atoms with Crippen LogP contribution in [0.4, 0.5) is 0 Å². The molecule has 35 heavy (non-hydrogen) atoms. The molecule has 0 aromatic heterocycles. The minimum Gasteiger partial charge on any atom is -0.387 e. The molecule has 0 unspecified atom stereocenters. The number of nitrogens with one attached hydrogen (secondary N) is 1. The van der Waals surface area contributed by atoms with Crippen molar-refractivity contribution in [1.82, 2.24) is 10.2 Å². The highest BCUT2D eigenvalue weighted by Gasteiger charge is 2.44. The second kappa shape index (κ2) is 8.19. The molecule has 184 valence electrons. The number of guanidine groups is 1. The molecule has 7 nitrogen and oxygen atoms in total. The maximum absolute atomic E-state index is 13.4. The number of hydrogen-bond donors (Lipinski definition) is 3. The Bertz CT molecular complexity index is 1240. The second-order valence-electron chi connectivity index (χ2n) is 10.9. The Labute approximate surface area is 206 Å². The molecule has 0 radical (unpaired) electrons. The molecule has 2 aliphatic carbocycles. The van der Waals surface area contributed by atoms with E-state index in [0.717, 1.165) is 35.1 Å². The average Bonchev–Trinajstić information content (AvgIpc) is 3.25. The van der Waals surface area contributed by atoms with Crippen molar-refractivity contribution in [2.45, 2.75) is 82.5 Å². The fourth-order valence-corrected chi connectivity index (χ4v) is 5.98. The molecule has 3 aliphatic rings. The van der Waals surface area contributed by atoms with Crippen LogP contribution in [0.1, 0.15) is 97.6 Å². The summed E-state index contributed by atoms with van der Waals surface area (Å²) in [7, 11) is 0. The lowest BCUT2D eigenvalue weighted by atomic mass is 9.92. The lowest BCUT2D eigenvalue weighted by molar-refractivity contribution is -0.131. The van der Waals surface area contributed by atoms with Gasteiger partial charge in [0.25, 0.3) is 5.91 Å². The highest BCUT2D eigenvalue weighted by atomic mass is 16.3. The molecule has 2 aromatic rings. The first kappa shape index (κ1) is 23.5. The Morgan fingerprint density at radius 2 is 1.91 bits per heavy atom. The van der Waals surface area contributed by atoms with Crippen LogP contribution in [0.15, 0.2) is 47.5 Å². The SMILES string of the molecule is CC[C@]1(C)CC(=O)N([C@@H]2C[C@@H](C)c3ccc(C(=O)N[C@@H]4c5ccccc5C[C@]4(C)O)cc32)C(N)=N1. The number of aliphatic hydroxyl groups is 1. The fourth-order valence-electron chi connectivity index (χ4n) is 5.98. The van der Waals surface area contributed by atoms with Crippen LogP contribution in [0.2, 0.25) is 0 Å². The molecule has 0 saturated heterocycles. The Kier molecular flexibility index (Phi) is 5.51. The van der Waals surface area contributed by atoms with Crippen LogP contribution in [0, 0.1) is 0 Å². The molecule has 1 aliphatic heterocycles. The third-order valence-corrected chi connectivity index (χ3v) is 8.13. The van der Waals surface area contributed by atoms with E-state index in [9.17, 15) is 14.7 Å². The van der Waals surface area contributed by atoms with Gasteiger partial charge in [-0.2, -0.15) is 0 Å². The monoisotopic (exact) mass is 474 g/mol. The molecule has 0 saturated carbocycles. The third-order valence-electron chi connectivity index (χ3n) is 8.13. The summed E-state index contributed by atoms with van der Waals surface area (Å²) in [5.74, 6) is 0.206. The van der Waals surface area contributed by atoms with E-state index >= 15 is 0 Å². The fraction of sp³-hybridized carbons (Fsp3) is 0.464. The van der Waals surface area contributed by atoms with Crippen molar-refractivity contribution in [3.05, 3.63) is 70.3 Å².